The molecule has 8 heteroatoms. The highest BCUT2D eigenvalue weighted by atomic mass is 32.1. The third-order valence-electron chi connectivity index (χ3n) is 4.47. The second-order valence-electron chi connectivity index (χ2n) is 6.58. The van der Waals surface area contributed by atoms with E-state index in [1.165, 1.54) is 11.3 Å². The summed E-state index contributed by atoms with van der Waals surface area (Å²) in [6.07, 6.45) is 1.18. The maximum Gasteiger partial charge on any atom is 0.279 e. The molecule has 1 fully saturated rings. The molecule has 0 radical (unpaired) electrons. The molecule has 2 aliphatic heterocycles. The van der Waals surface area contributed by atoms with Crippen molar-refractivity contribution in [3.05, 3.63) is 40.8 Å². The average molecular weight is 372 g/mol. The number of hydrogen-bond acceptors (Lipinski definition) is 6. The first-order valence-corrected chi connectivity index (χ1v) is 9.37. The first kappa shape index (κ1) is 17.0. The van der Waals surface area contributed by atoms with E-state index in [-0.39, 0.29) is 17.9 Å². The molecule has 2 unspecified atom stereocenters. The molecule has 7 nitrogen and oxygen atoms in total. The molecular formula is C18H20N4O3S. The molecule has 4 rings (SSSR count). The van der Waals surface area contributed by atoms with Crippen molar-refractivity contribution in [2.45, 2.75) is 38.5 Å². The van der Waals surface area contributed by atoms with Gasteiger partial charge in [0.05, 0.1) is 4.88 Å². The third-order valence-corrected chi connectivity index (χ3v) is 5.68. The number of para-hydroxylation sites is 1. The van der Waals surface area contributed by atoms with Crippen molar-refractivity contribution in [2.24, 2.45) is 0 Å². The zero-order valence-corrected chi connectivity index (χ0v) is 15.1. The van der Waals surface area contributed by atoms with Crippen LogP contribution in [0.4, 0.5) is 0 Å². The minimum Gasteiger partial charge on any atom is -0.488 e. The van der Waals surface area contributed by atoms with E-state index in [1.54, 1.807) is 0 Å². The van der Waals surface area contributed by atoms with Crippen LogP contribution in [-0.2, 0) is 11.4 Å². The summed E-state index contributed by atoms with van der Waals surface area (Å²) in [6, 6.07) is 10.0. The molecule has 0 aliphatic carbocycles. The molecule has 4 N–H and O–H groups in total. The molecule has 1 saturated heterocycles. The third kappa shape index (κ3) is 3.44. The molecule has 2 aliphatic rings. The van der Waals surface area contributed by atoms with Crippen molar-refractivity contribution in [3.63, 3.8) is 0 Å². The van der Waals surface area contributed by atoms with Crippen molar-refractivity contribution >= 4 is 23.2 Å². The molecule has 136 valence electrons. The van der Waals surface area contributed by atoms with Crippen LogP contribution in [-0.4, -0.2) is 23.9 Å². The summed E-state index contributed by atoms with van der Waals surface area (Å²) in [5.41, 5.74) is 13.1. The smallest absolute Gasteiger partial charge is 0.279 e. The summed E-state index contributed by atoms with van der Waals surface area (Å²) in [6.45, 7) is 2.49. The Hall–Kier alpha value is -2.42. The van der Waals surface area contributed by atoms with Gasteiger partial charge in [0.1, 0.15) is 12.4 Å². The van der Waals surface area contributed by atoms with E-state index in [2.05, 4.69) is 21.7 Å². The van der Waals surface area contributed by atoms with Gasteiger partial charge in [0.15, 0.2) is 0 Å². The normalized spacial score (nSPS) is 20.7. The van der Waals surface area contributed by atoms with Crippen molar-refractivity contribution < 1.29 is 14.3 Å². The highest BCUT2D eigenvalue weighted by Gasteiger charge is 2.24. The summed E-state index contributed by atoms with van der Waals surface area (Å²) in [5.74, 6) is 0.289. The Kier molecular flexibility index (Phi) is 4.62. The fourth-order valence-corrected chi connectivity index (χ4v) is 4.31. The number of thiophene rings is 1. The van der Waals surface area contributed by atoms with Crippen LogP contribution in [0.15, 0.2) is 30.3 Å². The van der Waals surface area contributed by atoms with Crippen LogP contribution in [0.25, 0.3) is 10.4 Å². The van der Waals surface area contributed by atoms with Gasteiger partial charge in [0.25, 0.3) is 5.91 Å². The standard InChI is InChI=1S/C18H20N4O3S/c1-10-6-12(20-19-10)8-16(23)21-22-18(24)15-7-11-9-25-14-5-3-2-4-13(14)17(11)26-15/h2-5,7,10,12,19-20H,6,8-9H2,1H3,(H,21,23)(H,22,24). The van der Waals surface area contributed by atoms with Crippen LogP contribution >= 0.6 is 11.3 Å². The SMILES string of the molecule is CC1CC(CC(=O)NNC(=O)c2cc3c(s2)-c2ccccc2OC3)NN1. The van der Waals surface area contributed by atoms with Crippen molar-refractivity contribution in [3.8, 4) is 16.2 Å². The fraction of sp³-hybridized carbons (Fsp3) is 0.333. The number of ether oxygens (including phenoxy) is 1. The van der Waals surface area contributed by atoms with Gasteiger partial charge < -0.3 is 4.74 Å². The molecule has 26 heavy (non-hydrogen) atoms. The Morgan fingerprint density at radius 2 is 2.12 bits per heavy atom. The summed E-state index contributed by atoms with van der Waals surface area (Å²) >= 11 is 1.41. The van der Waals surface area contributed by atoms with Gasteiger partial charge in [-0.3, -0.25) is 31.3 Å². The van der Waals surface area contributed by atoms with Gasteiger partial charge in [-0.05, 0) is 31.5 Å². The van der Waals surface area contributed by atoms with Crippen LogP contribution in [0, 0.1) is 0 Å². The van der Waals surface area contributed by atoms with Crippen molar-refractivity contribution in [2.75, 3.05) is 0 Å². The van der Waals surface area contributed by atoms with Gasteiger partial charge in [-0.2, -0.15) is 0 Å². The van der Waals surface area contributed by atoms with Crippen molar-refractivity contribution in [1.29, 1.82) is 0 Å². The lowest BCUT2D eigenvalue weighted by Gasteiger charge is -2.16. The fourth-order valence-electron chi connectivity index (χ4n) is 3.21. The number of carbonyl (C=O) groups excluding carboxylic acids is 2. The first-order chi connectivity index (χ1) is 12.6. The molecule has 1 aromatic heterocycles. The second kappa shape index (κ2) is 7.06. The van der Waals surface area contributed by atoms with E-state index in [9.17, 15) is 9.59 Å². The maximum absolute atomic E-state index is 12.4. The number of rotatable bonds is 3. The van der Waals surface area contributed by atoms with Gasteiger partial charge in [0.2, 0.25) is 5.91 Å². The number of fused-ring (bicyclic) bond motifs is 3. The molecule has 1 aromatic carbocycles. The predicted molar refractivity (Wildman–Crippen MR) is 98.5 cm³/mol. The van der Waals surface area contributed by atoms with Gasteiger partial charge in [-0.25, -0.2) is 0 Å². The molecule has 0 spiro atoms. The van der Waals surface area contributed by atoms with Crippen LogP contribution in [0.3, 0.4) is 0 Å². The zero-order chi connectivity index (χ0) is 18.1. The maximum atomic E-state index is 12.4. The zero-order valence-electron chi connectivity index (χ0n) is 14.3. The van der Waals surface area contributed by atoms with E-state index in [1.807, 2.05) is 37.3 Å². The minimum atomic E-state index is -0.318. The lowest BCUT2D eigenvalue weighted by molar-refractivity contribution is -0.122. The van der Waals surface area contributed by atoms with Gasteiger partial charge >= 0.3 is 0 Å². The topological polar surface area (TPSA) is 91.5 Å². The van der Waals surface area contributed by atoms with E-state index < -0.39 is 0 Å². The number of benzene rings is 1. The number of carbonyl (C=O) groups is 2. The largest absolute Gasteiger partial charge is 0.488 e. The van der Waals surface area contributed by atoms with Crippen LogP contribution in [0.5, 0.6) is 5.75 Å². The van der Waals surface area contributed by atoms with Crippen LogP contribution < -0.4 is 26.4 Å². The van der Waals surface area contributed by atoms with Gasteiger partial charge in [0, 0.05) is 34.5 Å². The predicted octanol–water partition coefficient (Wildman–Crippen LogP) is 1.71. The Bertz CT molecular complexity index is 851. The van der Waals surface area contributed by atoms with Crippen molar-refractivity contribution in [1.82, 2.24) is 21.7 Å². The monoisotopic (exact) mass is 372 g/mol. The number of hydrogen-bond donors (Lipinski definition) is 4. The van der Waals surface area contributed by atoms with Crippen LogP contribution in [0.2, 0.25) is 0 Å². The summed E-state index contributed by atoms with van der Waals surface area (Å²) in [7, 11) is 0. The summed E-state index contributed by atoms with van der Waals surface area (Å²) in [4.78, 5) is 26.0. The summed E-state index contributed by atoms with van der Waals surface area (Å²) in [5, 5.41) is 0. The molecule has 2 atom stereocenters. The highest BCUT2D eigenvalue weighted by molar-refractivity contribution is 7.17. The Morgan fingerprint density at radius 1 is 1.27 bits per heavy atom. The molecule has 3 heterocycles. The minimum absolute atomic E-state index is 0.0737. The Balaban J connectivity index is 1.38. The second-order valence-corrected chi connectivity index (χ2v) is 7.63. The van der Waals surface area contributed by atoms with E-state index in [0.29, 0.717) is 23.9 Å². The lowest BCUT2D eigenvalue weighted by atomic mass is 10.1. The molecule has 2 aromatic rings. The number of hydrazine groups is 2. The molecular weight excluding hydrogens is 352 g/mol. The van der Waals surface area contributed by atoms with Crippen LogP contribution in [0.1, 0.15) is 35.0 Å². The lowest BCUT2D eigenvalue weighted by Crippen LogP contribution is -2.44. The number of amides is 2. The quantitative estimate of drug-likeness (QED) is 0.616. The Labute approximate surface area is 155 Å². The summed E-state index contributed by atoms with van der Waals surface area (Å²) < 4.78 is 5.72. The molecule has 0 bridgehead atoms. The highest BCUT2D eigenvalue weighted by Crippen LogP contribution is 2.42. The first-order valence-electron chi connectivity index (χ1n) is 8.55. The average Bonchev–Trinajstić information content (AvgIpc) is 3.26. The van der Waals surface area contributed by atoms with Gasteiger partial charge in [-0.15, -0.1) is 11.3 Å². The number of nitrogens with one attached hydrogen (secondary N) is 4. The van der Waals surface area contributed by atoms with E-state index >= 15 is 0 Å². The van der Waals surface area contributed by atoms with Gasteiger partial charge in [-0.1, -0.05) is 12.1 Å². The molecule has 0 saturated carbocycles. The Morgan fingerprint density at radius 3 is 2.92 bits per heavy atom. The van der Waals surface area contributed by atoms with E-state index in [0.717, 1.165) is 28.2 Å². The molecule has 2 amide bonds. The van der Waals surface area contributed by atoms with E-state index in [4.69, 9.17) is 4.74 Å².